The summed E-state index contributed by atoms with van der Waals surface area (Å²) in [5.74, 6) is -0.312. The zero-order valence-corrected chi connectivity index (χ0v) is 13.7. The number of nitrogens with two attached hydrogens (primary N) is 3. The van der Waals surface area contributed by atoms with E-state index in [0.717, 1.165) is 25.7 Å². The summed E-state index contributed by atoms with van der Waals surface area (Å²) in [4.78, 5) is 16.2. The highest BCUT2D eigenvalue weighted by molar-refractivity contribution is 5.98. The number of carbonyl (C=O) groups excluding carboxylic acids is 1. The van der Waals surface area contributed by atoms with Crippen LogP contribution in [-0.4, -0.2) is 29.1 Å². The number of aliphatic imine (C=N–C) groups is 1. The van der Waals surface area contributed by atoms with Crippen LogP contribution in [0.5, 0.6) is 0 Å². The van der Waals surface area contributed by atoms with Crippen molar-refractivity contribution in [2.75, 3.05) is 0 Å². The van der Waals surface area contributed by atoms with E-state index in [9.17, 15) is 9.90 Å². The van der Waals surface area contributed by atoms with Crippen LogP contribution in [0.3, 0.4) is 0 Å². The van der Waals surface area contributed by atoms with Gasteiger partial charge in [-0.25, -0.2) is 4.99 Å². The van der Waals surface area contributed by atoms with Crippen LogP contribution in [0.15, 0.2) is 28.0 Å². The number of nitrogens with one attached hydrogen (secondary N) is 1. The smallest absolute Gasteiger partial charge is 0.252 e. The van der Waals surface area contributed by atoms with Gasteiger partial charge in [0, 0.05) is 22.7 Å². The molecule has 0 radical (unpaired) electrons. The van der Waals surface area contributed by atoms with Crippen molar-refractivity contribution in [3.63, 3.8) is 0 Å². The molecule has 0 aliphatic heterocycles. The van der Waals surface area contributed by atoms with Gasteiger partial charge in [-0.3, -0.25) is 4.79 Å². The maximum atomic E-state index is 11.8. The van der Waals surface area contributed by atoms with Gasteiger partial charge in [0.25, 0.3) is 5.91 Å². The van der Waals surface area contributed by atoms with Crippen molar-refractivity contribution < 1.29 is 9.90 Å². The van der Waals surface area contributed by atoms with Crippen molar-refractivity contribution in [2.45, 2.75) is 57.1 Å². The molecule has 1 amide bonds. The molecule has 2 atom stereocenters. The number of amides is 1. The average Bonchev–Trinajstić information content (AvgIpc) is 3.13. The summed E-state index contributed by atoms with van der Waals surface area (Å²) in [5, 5.41) is 12.4. The van der Waals surface area contributed by atoms with Crippen LogP contribution in [0.4, 0.5) is 0 Å². The molecule has 4 aliphatic carbocycles. The van der Waals surface area contributed by atoms with Crippen molar-refractivity contribution in [3.8, 4) is 0 Å². The summed E-state index contributed by atoms with van der Waals surface area (Å²) >= 11 is 0. The largest absolute Gasteiger partial charge is 0.398 e. The van der Waals surface area contributed by atoms with E-state index in [4.69, 9.17) is 17.2 Å². The summed E-state index contributed by atoms with van der Waals surface area (Å²) in [7, 11) is 0. The van der Waals surface area contributed by atoms with Gasteiger partial charge < -0.3 is 27.6 Å². The van der Waals surface area contributed by atoms with Crippen LogP contribution in [0.1, 0.15) is 44.9 Å². The van der Waals surface area contributed by atoms with E-state index in [2.05, 4.69) is 10.3 Å². The van der Waals surface area contributed by atoms with Crippen molar-refractivity contribution in [3.05, 3.63) is 23.0 Å². The Balaban J connectivity index is 1.44. The number of rotatable bonds is 4. The Kier molecular flexibility index (Phi) is 3.22. The lowest BCUT2D eigenvalue weighted by Gasteiger charge is -2.22. The SMILES string of the molecule is NC(=O)/C(=C/NC(N)=NC1CCC(O)CC1)C(N)=C1C23CCC12C3. The highest BCUT2D eigenvalue weighted by Crippen LogP contribution is 3.01. The summed E-state index contributed by atoms with van der Waals surface area (Å²) in [6.07, 6.45) is 7.94. The lowest BCUT2D eigenvalue weighted by molar-refractivity contribution is -0.114. The lowest BCUT2D eigenvalue weighted by atomic mass is 9.94. The fraction of sp³-hybridized carbons (Fsp3) is 0.647. The van der Waals surface area contributed by atoms with E-state index in [-0.39, 0.29) is 23.7 Å². The third-order valence-corrected chi connectivity index (χ3v) is 6.45. The van der Waals surface area contributed by atoms with E-state index in [1.165, 1.54) is 31.0 Å². The first kappa shape index (κ1) is 15.5. The molecular weight excluding hydrogens is 306 g/mol. The topological polar surface area (TPSA) is 140 Å². The first-order valence-electron chi connectivity index (χ1n) is 8.68. The maximum absolute atomic E-state index is 11.8. The first-order valence-corrected chi connectivity index (χ1v) is 8.68. The Hall–Kier alpha value is -2.02. The second-order valence-electron chi connectivity index (χ2n) is 7.67. The number of nitrogens with zero attached hydrogens (tertiary/aromatic N) is 1. The van der Waals surface area contributed by atoms with Gasteiger partial charge in [-0.1, -0.05) is 0 Å². The number of aliphatic hydroxyl groups excluding tert-OH is 1. The fourth-order valence-corrected chi connectivity index (χ4v) is 4.83. The Morgan fingerprint density at radius 2 is 1.79 bits per heavy atom. The van der Waals surface area contributed by atoms with Crippen LogP contribution in [0.2, 0.25) is 0 Å². The third kappa shape index (κ3) is 2.07. The van der Waals surface area contributed by atoms with E-state index in [1.807, 2.05) is 0 Å². The summed E-state index contributed by atoms with van der Waals surface area (Å²) in [5.41, 5.74) is 20.2. The third-order valence-electron chi connectivity index (χ3n) is 6.45. The van der Waals surface area contributed by atoms with Gasteiger partial charge in [0.15, 0.2) is 5.96 Å². The normalized spacial score (nSPS) is 40.1. The summed E-state index contributed by atoms with van der Waals surface area (Å²) in [6.45, 7) is 0. The second kappa shape index (κ2) is 4.99. The van der Waals surface area contributed by atoms with Crippen molar-refractivity contribution in [1.29, 1.82) is 0 Å². The minimum atomic E-state index is -0.556. The van der Waals surface area contributed by atoms with Crippen LogP contribution < -0.4 is 22.5 Å². The Morgan fingerprint density at radius 3 is 2.29 bits per heavy atom. The molecular formula is C17H25N5O2. The Morgan fingerprint density at radius 1 is 1.17 bits per heavy atom. The number of hydrogen-bond donors (Lipinski definition) is 5. The van der Waals surface area contributed by atoms with Gasteiger partial charge in [0.1, 0.15) is 0 Å². The van der Waals surface area contributed by atoms with E-state index < -0.39 is 5.91 Å². The monoisotopic (exact) mass is 331 g/mol. The summed E-state index contributed by atoms with van der Waals surface area (Å²) in [6, 6.07) is 0.103. The molecule has 0 aromatic heterocycles. The Bertz CT molecular complexity index is 663. The predicted molar refractivity (Wildman–Crippen MR) is 90.2 cm³/mol. The highest BCUT2D eigenvalue weighted by Gasteiger charge is 2.93. The summed E-state index contributed by atoms with van der Waals surface area (Å²) < 4.78 is 0. The molecule has 0 aromatic carbocycles. The number of hydrogen-bond acceptors (Lipinski definition) is 4. The van der Waals surface area contributed by atoms with Gasteiger partial charge in [-0.15, -0.1) is 0 Å². The molecule has 4 fully saturated rings. The van der Waals surface area contributed by atoms with Gasteiger partial charge in [-0.2, -0.15) is 0 Å². The van der Waals surface area contributed by atoms with Crippen LogP contribution in [0.25, 0.3) is 0 Å². The zero-order chi connectivity index (χ0) is 17.1. The number of guanidine groups is 1. The molecule has 4 saturated carbocycles. The molecule has 7 heteroatoms. The zero-order valence-electron chi connectivity index (χ0n) is 13.7. The second-order valence-corrected chi connectivity index (χ2v) is 7.67. The molecule has 0 bridgehead atoms. The number of aliphatic hydroxyl groups is 1. The van der Waals surface area contributed by atoms with Crippen molar-refractivity contribution in [2.24, 2.45) is 33.0 Å². The minimum Gasteiger partial charge on any atom is -0.398 e. The number of allylic oxidation sites excluding steroid dienone is 1. The molecule has 0 spiro atoms. The molecule has 8 N–H and O–H groups in total. The van der Waals surface area contributed by atoms with Crippen molar-refractivity contribution in [1.82, 2.24) is 5.32 Å². The van der Waals surface area contributed by atoms with Gasteiger partial charge in [-0.05, 0) is 50.5 Å². The minimum absolute atomic E-state index is 0.103. The van der Waals surface area contributed by atoms with E-state index in [1.54, 1.807) is 0 Å². The van der Waals surface area contributed by atoms with Crippen LogP contribution in [0, 0.1) is 10.8 Å². The molecule has 130 valence electrons. The predicted octanol–water partition coefficient (Wildman–Crippen LogP) is -0.0399. The van der Waals surface area contributed by atoms with Crippen molar-refractivity contribution >= 4 is 11.9 Å². The molecule has 0 saturated heterocycles. The van der Waals surface area contributed by atoms with Gasteiger partial charge >= 0.3 is 0 Å². The van der Waals surface area contributed by atoms with Crippen LogP contribution >= 0.6 is 0 Å². The molecule has 24 heavy (non-hydrogen) atoms. The average molecular weight is 331 g/mol. The van der Waals surface area contributed by atoms with Gasteiger partial charge in [0.2, 0.25) is 0 Å². The molecule has 4 aliphatic rings. The molecule has 0 aromatic rings. The van der Waals surface area contributed by atoms with Crippen LogP contribution in [-0.2, 0) is 4.79 Å². The van der Waals surface area contributed by atoms with Gasteiger partial charge in [0.05, 0.1) is 17.7 Å². The Labute approximate surface area is 141 Å². The number of primary amides is 1. The standard InChI is InChI=1S/C17H25N5O2/c18-12(13-16-5-6-17(13,16)8-16)11(14(19)24)7-21-15(20)22-9-1-3-10(23)4-2-9/h7,9-10,23H,1-6,8,18H2,(H2,19,24)(H3,20,21,22)/b11-7+,13-12?. The fourth-order valence-electron chi connectivity index (χ4n) is 4.83. The molecule has 0 heterocycles. The molecule has 4 rings (SSSR count). The molecule has 7 nitrogen and oxygen atoms in total. The first-order chi connectivity index (χ1) is 11.4. The highest BCUT2D eigenvalue weighted by atomic mass is 16.3. The maximum Gasteiger partial charge on any atom is 0.252 e. The van der Waals surface area contributed by atoms with E-state index >= 15 is 0 Å². The quantitative estimate of drug-likeness (QED) is 0.279. The number of carbonyl (C=O) groups is 1. The molecule has 2 unspecified atom stereocenters. The van der Waals surface area contributed by atoms with E-state index in [0.29, 0.717) is 16.5 Å². The lowest BCUT2D eigenvalue weighted by Crippen LogP contribution is -2.32.